The van der Waals surface area contributed by atoms with Crippen LogP contribution in [0.2, 0.25) is 0 Å². The molecule has 1 aliphatic heterocycles. The second kappa shape index (κ2) is 6.92. The standard InChI is InChI=1S/C16H25BrN2O/c1-4-19-9-7-14(8-10-19)18(3)16-6-5-13(12(2)20)11-15(16)17/h5-6,11-12,14,20H,4,7-10H2,1-3H3. The maximum Gasteiger partial charge on any atom is 0.0762 e. The SMILES string of the molecule is CCN1CCC(N(C)c2ccc(C(C)O)cc2Br)CC1. The Kier molecular flexibility index (Phi) is 5.47. The van der Waals surface area contributed by atoms with Crippen LogP contribution in [0.15, 0.2) is 22.7 Å². The maximum absolute atomic E-state index is 9.64. The van der Waals surface area contributed by atoms with Crippen LogP contribution in [0, 0.1) is 0 Å². The van der Waals surface area contributed by atoms with E-state index in [-0.39, 0.29) is 0 Å². The van der Waals surface area contributed by atoms with E-state index in [4.69, 9.17) is 0 Å². The van der Waals surface area contributed by atoms with E-state index in [1.54, 1.807) is 6.92 Å². The molecule has 20 heavy (non-hydrogen) atoms. The molecule has 1 heterocycles. The maximum atomic E-state index is 9.64. The zero-order valence-corrected chi connectivity index (χ0v) is 14.2. The molecule has 2 rings (SSSR count). The summed E-state index contributed by atoms with van der Waals surface area (Å²) >= 11 is 3.64. The first-order valence-corrected chi connectivity index (χ1v) is 8.25. The van der Waals surface area contributed by atoms with Gasteiger partial charge in [-0.25, -0.2) is 0 Å². The van der Waals surface area contributed by atoms with Crippen molar-refractivity contribution >= 4 is 21.6 Å². The Morgan fingerprint density at radius 1 is 1.40 bits per heavy atom. The molecule has 1 saturated heterocycles. The number of benzene rings is 1. The van der Waals surface area contributed by atoms with Crippen molar-refractivity contribution in [3.8, 4) is 0 Å². The van der Waals surface area contributed by atoms with Gasteiger partial charge in [-0.3, -0.25) is 0 Å². The lowest BCUT2D eigenvalue weighted by atomic mass is 10.0. The molecule has 1 aromatic carbocycles. The van der Waals surface area contributed by atoms with E-state index < -0.39 is 6.10 Å². The van der Waals surface area contributed by atoms with Gasteiger partial charge in [0.2, 0.25) is 0 Å². The highest BCUT2D eigenvalue weighted by Crippen LogP contribution is 2.31. The molecule has 1 atom stereocenters. The third-order valence-electron chi connectivity index (χ3n) is 4.39. The number of halogens is 1. The summed E-state index contributed by atoms with van der Waals surface area (Å²) in [7, 11) is 2.18. The van der Waals surface area contributed by atoms with Crippen LogP contribution in [0.3, 0.4) is 0 Å². The van der Waals surface area contributed by atoms with Crippen LogP contribution >= 0.6 is 15.9 Å². The summed E-state index contributed by atoms with van der Waals surface area (Å²) in [4.78, 5) is 4.89. The van der Waals surface area contributed by atoms with Crippen molar-refractivity contribution in [3.05, 3.63) is 28.2 Å². The van der Waals surface area contributed by atoms with Crippen LogP contribution < -0.4 is 4.90 Å². The fourth-order valence-corrected chi connectivity index (χ4v) is 3.56. The third-order valence-corrected chi connectivity index (χ3v) is 5.02. The number of aliphatic hydroxyl groups excluding tert-OH is 1. The molecule has 0 radical (unpaired) electrons. The van der Waals surface area contributed by atoms with Crippen LogP contribution in [0.1, 0.15) is 38.4 Å². The number of nitrogens with zero attached hydrogens (tertiary/aromatic N) is 2. The van der Waals surface area contributed by atoms with Crippen LogP contribution in [-0.2, 0) is 0 Å². The average Bonchev–Trinajstić information content (AvgIpc) is 2.46. The number of anilines is 1. The number of aliphatic hydroxyl groups is 1. The highest BCUT2D eigenvalue weighted by Gasteiger charge is 2.23. The fourth-order valence-electron chi connectivity index (χ4n) is 2.89. The largest absolute Gasteiger partial charge is 0.389 e. The second-order valence-electron chi connectivity index (χ2n) is 5.66. The first-order valence-electron chi connectivity index (χ1n) is 7.45. The third kappa shape index (κ3) is 3.54. The van der Waals surface area contributed by atoms with E-state index in [9.17, 15) is 5.11 Å². The average molecular weight is 341 g/mol. The van der Waals surface area contributed by atoms with Gasteiger partial charge in [0, 0.05) is 30.7 Å². The van der Waals surface area contributed by atoms with E-state index in [0.29, 0.717) is 6.04 Å². The molecule has 0 amide bonds. The monoisotopic (exact) mass is 340 g/mol. The summed E-state index contributed by atoms with van der Waals surface area (Å²) in [6.45, 7) is 7.56. The molecule has 1 aliphatic rings. The summed E-state index contributed by atoms with van der Waals surface area (Å²) in [5.74, 6) is 0. The zero-order chi connectivity index (χ0) is 14.7. The van der Waals surface area contributed by atoms with E-state index in [1.165, 1.54) is 31.6 Å². The van der Waals surface area contributed by atoms with Gasteiger partial charge in [-0.05, 0) is 59.9 Å². The molecule has 0 spiro atoms. The molecule has 0 aliphatic carbocycles. The lowest BCUT2D eigenvalue weighted by Gasteiger charge is -2.38. The first kappa shape index (κ1) is 15.8. The molecule has 0 aromatic heterocycles. The van der Waals surface area contributed by atoms with Gasteiger partial charge in [0.1, 0.15) is 0 Å². The Balaban J connectivity index is 2.07. The highest BCUT2D eigenvalue weighted by molar-refractivity contribution is 9.10. The Morgan fingerprint density at radius 2 is 2.05 bits per heavy atom. The molecule has 1 fully saturated rings. The summed E-state index contributed by atoms with van der Waals surface area (Å²) < 4.78 is 1.07. The minimum Gasteiger partial charge on any atom is -0.389 e. The van der Waals surface area contributed by atoms with E-state index in [1.807, 2.05) is 12.1 Å². The van der Waals surface area contributed by atoms with Crippen molar-refractivity contribution in [2.24, 2.45) is 0 Å². The summed E-state index contributed by atoms with van der Waals surface area (Å²) in [6.07, 6.45) is 2.02. The number of hydrogen-bond donors (Lipinski definition) is 1. The zero-order valence-electron chi connectivity index (χ0n) is 12.6. The Labute approximate surface area is 130 Å². The van der Waals surface area contributed by atoms with Gasteiger partial charge in [0.15, 0.2) is 0 Å². The van der Waals surface area contributed by atoms with Crippen LogP contribution in [0.4, 0.5) is 5.69 Å². The van der Waals surface area contributed by atoms with Gasteiger partial charge >= 0.3 is 0 Å². The number of likely N-dealkylation sites (tertiary alicyclic amines) is 1. The highest BCUT2D eigenvalue weighted by atomic mass is 79.9. The molecule has 1 aromatic rings. The van der Waals surface area contributed by atoms with Gasteiger partial charge in [0.25, 0.3) is 0 Å². The van der Waals surface area contributed by atoms with E-state index in [0.717, 1.165) is 16.6 Å². The lowest BCUT2D eigenvalue weighted by molar-refractivity contribution is 0.199. The topological polar surface area (TPSA) is 26.7 Å². The summed E-state index contributed by atoms with van der Waals surface area (Å²) in [5, 5.41) is 9.64. The number of rotatable bonds is 4. The van der Waals surface area contributed by atoms with E-state index >= 15 is 0 Å². The molecule has 112 valence electrons. The summed E-state index contributed by atoms with van der Waals surface area (Å²) in [6, 6.07) is 6.75. The van der Waals surface area contributed by atoms with Gasteiger partial charge in [-0.1, -0.05) is 13.0 Å². The summed E-state index contributed by atoms with van der Waals surface area (Å²) in [5.41, 5.74) is 2.17. The molecule has 1 unspecified atom stereocenters. The van der Waals surface area contributed by atoms with Gasteiger partial charge in [-0.15, -0.1) is 0 Å². The molecular weight excluding hydrogens is 316 g/mol. The minimum absolute atomic E-state index is 0.418. The smallest absolute Gasteiger partial charge is 0.0762 e. The van der Waals surface area contributed by atoms with Gasteiger partial charge in [-0.2, -0.15) is 0 Å². The van der Waals surface area contributed by atoms with Crippen LogP contribution in [-0.4, -0.2) is 42.7 Å². The van der Waals surface area contributed by atoms with Crippen molar-refractivity contribution in [1.82, 2.24) is 4.90 Å². The Morgan fingerprint density at radius 3 is 2.55 bits per heavy atom. The lowest BCUT2D eigenvalue weighted by Crippen LogP contribution is -2.43. The van der Waals surface area contributed by atoms with Gasteiger partial charge in [0.05, 0.1) is 11.8 Å². The Bertz CT molecular complexity index is 442. The predicted molar refractivity (Wildman–Crippen MR) is 88.3 cm³/mol. The van der Waals surface area contributed by atoms with Crippen molar-refractivity contribution < 1.29 is 5.11 Å². The van der Waals surface area contributed by atoms with Crippen molar-refractivity contribution in [3.63, 3.8) is 0 Å². The molecule has 0 saturated carbocycles. The van der Waals surface area contributed by atoms with Crippen LogP contribution in [0.25, 0.3) is 0 Å². The number of hydrogen-bond acceptors (Lipinski definition) is 3. The fraction of sp³-hybridized carbons (Fsp3) is 0.625. The normalized spacial score (nSPS) is 19.1. The van der Waals surface area contributed by atoms with Gasteiger partial charge < -0.3 is 14.9 Å². The molecule has 4 heteroatoms. The molecule has 1 N–H and O–H groups in total. The molecular formula is C16H25BrN2O. The van der Waals surface area contributed by atoms with E-state index in [2.05, 4.69) is 45.8 Å². The number of piperidine rings is 1. The first-order chi connectivity index (χ1) is 9.52. The van der Waals surface area contributed by atoms with Crippen LogP contribution in [0.5, 0.6) is 0 Å². The predicted octanol–water partition coefficient (Wildman–Crippen LogP) is 3.42. The molecule has 0 bridgehead atoms. The quantitative estimate of drug-likeness (QED) is 0.909. The second-order valence-corrected chi connectivity index (χ2v) is 6.52. The molecule has 3 nitrogen and oxygen atoms in total. The Hall–Kier alpha value is -0.580. The minimum atomic E-state index is -0.418. The van der Waals surface area contributed by atoms with Crippen molar-refractivity contribution in [2.75, 3.05) is 31.6 Å². The van der Waals surface area contributed by atoms with Crippen molar-refractivity contribution in [1.29, 1.82) is 0 Å². The van der Waals surface area contributed by atoms with Crippen molar-refractivity contribution in [2.45, 2.75) is 38.8 Å².